The molecule has 2 aromatic rings. The number of esters is 1. The van der Waals surface area contributed by atoms with Crippen LogP contribution in [-0.2, 0) is 11.3 Å². The summed E-state index contributed by atoms with van der Waals surface area (Å²) >= 11 is 0. The molecule has 0 aliphatic carbocycles. The van der Waals surface area contributed by atoms with Crippen LogP contribution >= 0.6 is 0 Å². The number of aromatic nitrogens is 1. The second-order valence-electron chi connectivity index (χ2n) is 4.17. The van der Waals surface area contributed by atoms with Gasteiger partial charge < -0.3 is 13.7 Å². The number of hydrogen-bond acceptors (Lipinski definition) is 3. The van der Waals surface area contributed by atoms with Gasteiger partial charge in [0.25, 0.3) is 0 Å². The van der Waals surface area contributed by atoms with Crippen LogP contribution in [0.5, 0.6) is 0 Å². The van der Waals surface area contributed by atoms with Crippen molar-refractivity contribution in [2.24, 2.45) is 0 Å². The molecule has 4 nitrogen and oxygen atoms in total. The predicted molar refractivity (Wildman–Crippen MR) is 67.7 cm³/mol. The average molecular weight is 247 g/mol. The Bertz CT molecular complexity index is 538. The van der Waals surface area contributed by atoms with Crippen molar-refractivity contribution in [3.05, 3.63) is 47.2 Å². The van der Waals surface area contributed by atoms with E-state index in [4.69, 9.17) is 9.15 Å². The summed E-state index contributed by atoms with van der Waals surface area (Å²) in [6.45, 7) is 6.71. The normalized spacial score (nSPS) is 10.6. The van der Waals surface area contributed by atoms with Crippen molar-refractivity contribution in [1.82, 2.24) is 4.57 Å². The maximum Gasteiger partial charge on any atom is 0.339 e. The zero-order valence-corrected chi connectivity index (χ0v) is 10.9. The van der Waals surface area contributed by atoms with Gasteiger partial charge >= 0.3 is 5.97 Å². The maximum absolute atomic E-state index is 11.8. The van der Waals surface area contributed by atoms with Gasteiger partial charge in [0, 0.05) is 11.4 Å². The van der Waals surface area contributed by atoms with E-state index in [9.17, 15) is 4.79 Å². The molecule has 0 amide bonds. The monoisotopic (exact) mass is 247 g/mol. The first-order chi connectivity index (χ1) is 8.63. The van der Waals surface area contributed by atoms with E-state index < -0.39 is 0 Å². The van der Waals surface area contributed by atoms with Crippen LogP contribution in [0.25, 0.3) is 0 Å². The van der Waals surface area contributed by atoms with Gasteiger partial charge in [0.2, 0.25) is 0 Å². The Morgan fingerprint density at radius 1 is 1.44 bits per heavy atom. The fourth-order valence-electron chi connectivity index (χ4n) is 2.02. The van der Waals surface area contributed by atoms with Gasteiger partial charge in [-0.15, -0.1) is 0 Å². The van der Waals surface area contributed by atoms with Gasteiger partial charge in [-0.25, -0.2) is 4.79 Å². The smallest absolute Gasteiger partial charge is 0.339 e. The largest absolute Gasteiger partial charge is 0.467 e. The van der Waals surface area contributed by atoms with Crippen molar-refractivity contribution in [3.8, 4) is 0 Å². The molecular weight excluding hydrogens is 230 g/mol. The molecule has 2 rings (SSSR count). The zero-order valence-electron chi connectivity index (χ0n) is 10.9. The fraction of sp³-hybridized carbons (Fsp3) is 0.357. The lowest BCUT2D eigenvalue weighted by Crippen LogP contribution is -2.08. The molecule has 0 aromatic carbocycles. The number of furan rings is 1. The van der Waals surface area contributed by atoms with Gasteiger partial charge in [0.1, 0.15) is 5.76 Å². The average Bonchev–Trinajstić information content (AvgIpc) is 2.93. The van der Waals surface area contributed by atoms with Crippen molar-refractivity contribution in [3.63, 3.8) is 0 Å². The van der Waals surface area contributed by atoms with Crippen molar-refractivity contribution in [2.75, 3.05) is 6.61 Å². The number of nitrogens with zero attached hydrogens (tertiary/aromatic N) is 1. The molecule has 0 atom stereocenters. The second-order valence-corrected chi connectivity index (χ2v) is 4.17. The van der Waals surface area contributed by atoms with Gasteiger partial charge in [-0.2, -0.15) is 0 Å². The summed E-state index contributed by atoms with van der Waals surface area (Å²) in [5, 5.41) is 0. The molecule has 2 heterocycles. The molecule has 18 heavy (non-hydrogen) atoms. The van der Waals surface area contributed by atoms with Crippen LogP contribution in [0.2, 0.25) is 0 Å². The highest BCUT2D eigenvalue weighted by molar-refractivity contribution is 5.91. The van der Waals surface area contributed by atoms with E-state index in [0.717, 1.165) is 17.1 Å². The molecule has 2 aromatic heterocycles. The third-order valence-corrected chi connectivity index (χ3v) is 2.96. The number of aryl methyl sites for hydroxylation is 1. The summed E-state index contributed by atoms with van der Waals surface area (Å²) in [6.07, 6.45) is 1.65. The van der Waals surface area contributed by atoms with Gasteiger partial charge in [-0.3, -0.25) is 0 Å². The van der Waals surface area contributed by atoms with Crippen LogP contribution in [0.4, 0.5) is 0 Å². The minimum atomic E-state index is -0.267. The highest BCUT2D eigenvalue weighted by Crippen LogP contribution is 2.18. The third-order valence-electron chi connectivity index (χ3n) is 2.96. The highest BCUT2D eigenvalue weighted by atomic mass is 16.5. The Hall–Kier alpha value is -1.97. The number of ether oxygens (including phenoxy) is 1. The van der Waals surface area contributed by atoms with E-state index in [2.05, 4.69) is 0 Å². The van der Waals surface area contributed by atoms with Gasteiger partial charge in [0.15, 0.2) is 0 Å². The number of rotatable bonds is 4. The highest BCUT2D eigenvalue weighted by Gasteiger charge is 2.16. The van der Waals surface area contributed by atoms with Crippen molar-refractivity contribution in [1.29, 1.82) is 0 Å². The Balaban J connectivity index is 2.29. The molecule has 0 unspecified atom stereocenters. The van der Waals surface area contributed by atoms with E-state index in [1.165, 1.54) is 0 Å². The molecule has 0 saturated carbocycles. The van der Waals surface area contributed by atoms with E-state index in [-0.39, 0.29) is 5.97 Å². The van der Waals surface area contributed by atoms with Crippen molar-refractivity contribution >= 4 is 5.97 Å². The molecule has 0 spiro atoms. The van der Waals surface area contributed by atoms with Crippen LogP contribution in [0.1, 0.15) is 34.4 Å². The Kier molecular flexibility index (Phi) is 3.55. The van der Waals surface area contributed by atoms with Crippen LogP contribution in [0, 0.1) is 13.8 Å². The molecule has 0 bridgehead atoms. The Morgan fingerprint density at radius 3 is 2.83 bits per heavy atom. The van der Waals surface area contributed by atoms with Crippen LogP contribution in [0.15, 0.2) is 28.9 Å². The van der Waals surface area contributed by atoms with Crippen LogP contribution in [0.3, 0.4) is 0 Å². The molecule has 0 saturated heterocycles. The predicted octanol–water partition coefficient (Wildman–Crippen LogP) is 2.92. The van der Waals surface area contributed by atoms with Gasteiger partial charge in [-0.1, -0.05) is 0 Å². The topological polar surface area (TPSA) is 44.4 Å². The second kappa shape index (κ2) is 5.12. The molecule has 0 aliphatic heterocycles. The zero-order chi connectivity index (χ0) is 13.1. The summed E-state index contributed by atoms with van der Waals surface area (Å²) in [6, 6.07) is 5.63. The minimum Gasteiger partial charge on any atom is -0.467 e. The summed E-state index contributed by atoms with van der Waals surface area (Å²) < 4.78 is 12.4. The van der Waals surface area contributed by atoms with E-state index in [1.54, 1.807) is 13.2 Å². The third kappa shape index (κ3) is 2.32. The molecule has 0 N–H and O–H groups in total. The summed E-state index contributed by atoms with van der Waals surface area (Å²) in [7, 11) is 0. The minimum absolute atomic E-state index is 0.267. The first kappa shape index (κ1) is 12.5. The number of carbonyl (C=O) groups excluding carboxylic acids is 1. The first-order valence-electron chi connectivity index (χ1n) is 5.99. The Morgan fingerprint density at radius 2 is 2.22 bits per heavy atom. The quantitative estimate of drug-likeness (QED) is 0.780. The first-order valence-corrected chi connectivity index (χ1v) is 5.99. The van der Waals surface area contributed by atoms with E-state index >= 15 is 0 Å². The molecular formula is C14H17NO3. The standard InChI is InChI=1S/C14H17NO3/c1-4-17-14(16)13-8-10(2)15(11(13)3)9-12-6-5-7-18-12/h5-8H,4,9H2,1-3H3. The molecule has 0 aliphatic rings. The lowest BCUT2D eigenvalue weighted by atomic mass is 10.2. The SMILES string of the molecule is CCOC(=O)c1cc(C)n(Cc2ccco2)c1C. The lowest BCUT2D eigenvalue weighted by Gasteiger charge is -2.07. The van der Waals surface area contributed by atoms with Crippen molar-refractivity contribution in [2.45, 2.75) is 27.3 Å². The molecule has 96 valence electrons. The van der Waals surface area contributed by atoms with Gasteiger partial charge in [0.05, 0.1) is 25.0 Å². The maximum atomic E-state index is 11.8. The van der Waals surface area contributed by atoms with E-state index in [0.29, 0.717) is 18.7 Å². The van der Waals surface area contributed by atoms with Crippen molar-refractivity contribution < 1.29 is 13.9 Å². The molecule has 4 heteroatoms. The Labute approximate surface area is 106 Å². The summed E-state index contributed by atoms with van der Waals surface area (Å²) in [5.41, 5.74) is 2.55. The number of hydrogen-bond donors (Lipinski definition) is 0. The number of carbonyl (C=O) groups is 1. The molecule has 0 fully saturated rings. The summed E-state index contributed by atoms with van der Waals surface area (Å²) in [5.74, 6) is 0.600. The van der Waals surface area contributed by atoms with Gasteiger partial charge in [-0.05, 0) is 39.0 Å². The van der Waals surface area contributed by atoms with E-state index in [1.807, 2.05) is 36.6 Å². The van der Waals surface area contributed by atoms with Crippen LogP contribution < -0.4 is 0 Å². The molecule has 0 radical (unpaired) electrons. The van der Waals surface area contributed by atoms with Crippen LogP contribution in [-0.4, -0.2) is 17.1 Å². The fourth-order valence-corrected chi connectivity index (χ4v) is 2.02. The lowest BCUT2D eigenvalue weighted by molar-refractivity contribution is 0.0525. The summed E-state index contributed by atoms with van der Waals surface area (Å²) in [4.78, 5) is 11.8.